The molecule has 0 bridgehead atoms. The Hall–Kier alpha value is 0.730. The second-order valence-corrected chi connectivity index (χ2v) is 4.43. The second-order valence-electron chi connectivity index (χ2n) is 3.35. The van der Waals surface area contributed by atoms with Crippen molar-refractivity contribution >= 4 is 22.6 Å². The molecule has 0 fully saturated rings. The highest BCUT2D eigenvalue weighted by Crippen LogP contribution is 2.26. The van der Waals surface area contributed by atoms with Gasteiger partial charge in [-0.2, -0.15) is 0 Å². The summed E-state index contributed by atoms with van der Waals surface area (Å²) in [5.74, 6) is 0. The van der Waals surface area contributed by atoms with Crippen LogP contribution < -0.4 is 0 Å². The van der Waals surface area contributed by atoms with Crippen LogP contribution in [0.25, 0.3) is 0 Å². The van der Waals surface area contributed by atoms with Gasteiger partial charge in [-0.15, -0.1) is 0 Å². The van der Waals surface area contributed by atoms with Crippen LogP contribution in [0, 0.1) is 5.41 Å². The molecule has 0 aromatic carbocycles. The summed E-state index contributed by atoms with van der Waals surface area (Å²) in [7, 11) is 0. The van der Waals surface area contributed by atoms with Gasteiger partial charge in [-0.05, 0) is 18.3 Å². The normalized spacial score (nSPS) is 12.0. The van der Waals surface area contributed by atoms with Gasteiger partial charge < -0.3 is 0 Å². The van der Waals surface area contributed by atoms with Crippen molar-refractivity contribution in [2.24, 2.45) is 5.41 Å². The fourth-order valence-electron chi connectivity index (χ4n) is 1.06. The summed E-state index contributed by atoms with van der Waals surface area (Å²) < 4.78 is 1.30. The van der Waals surface area contributed by atoms with E-state index in [1.165, 1.54) is 23.7 Å². The zero-order valence-corrected chi connectivity index (χ0v) is 8.86. The molecule has 0 nitrogen and oxygen atoms in total. The third kappa shape index (κ3) is 5.19. The van der Waals surface area contributed by atoms with Gasteiger partial charge in [0.15, 0.2) is 0 Å². The molecule has 0 unspecified atom stereocenters. The highest BCUT2D eigenvalue weighted by Gasteiger charge is 2.14. The highest BCUT2D eigenvalue weighted by atomic mass is 127. The number of hydrogen-bond donors (Lipinski definition) is 0. The zero-order valence-electron chi connectivity index (χ0n) is 6.71. The van der Waals surface area contributed by atoms with Crippen LogP contribution in [-0.2, 0) is 0 Å². The average Bonchev–Trinajstić information content (AvgIpc) is 1.64. The minimum absolute atomic E-state index is 0.593. The van der Waals surface area contributed by atoms with E-state index in [4.69, 9.17) is 0 Å². The third-order valence-corrected chi connectivity index (χ3v) is 2.24. The molecular weight excluding hydrogens is 223 g/mol. The van der Waals surface area contributed by atoms with E-state index in [9.17, 15) is 0 Å². The summed E-state index contributed by atoms with van der Waals surface area (Å²) in [6.07, 6.45) is 4.06. The first kappa shape index (κ1) is 9.73. The molecule has 0 rings (SSSR count). The Labute approximate surface area is 72.6 Å². The van der Waals surface area contributed by atoms with Gasteiger partial charge >= 0.3 is 0 Å². The van der Waals surface area contributed by atoms with Crippen LogP contribution in [0.1, 0.15) is 40.0 Å². The van der Waals surface area contributed by atoms with Crippen LogP contribution in [0.15, 0.2) is 0 Å². The number of alkyl halides is 1. The maximum atomic E-state index is 2.45. The SMILES string of the molecule is CCCC(C)(C)CCI. The van der Waals surface area contributed by atoms with Gasteiger partial charge in [0.2, 0.25) is 0 Å². The van der Waals surface area contributed by atoms with Gasteiger partial charge in [-0.1, -0.05) is 49.8 Å². The molecule has 0 saturated heterocycles. The predicted octanol–water partition coefficient (Wildman–Crippen LogP) is 3.64. The van der Waals surface area contributed by atoms with Gasteiger partial charge in [0, 0.05) is 4.43 Å². The van der Waals surface area contributed by atoms with Crippen LogP contribution in [0.3, 0.4) is 0 Å². The van der Waals surface area contributed by atoms with Gasteiger partial charge in [0.1, 0.15) is 0 Å². The van der Waals surface area contributed by atoms with Crippen LogP contribution in [0.2, 0.25) is 0 Å². The van der Waals surface area contributed by atoms with Crippen molar-refractivity contribution in [2.45, 2.75) is 40.0 Å². The molecule has 0 aliphatic rings. The quantitative estimate of drug-likeness (QED) is 0.519. The van der Waals surface area contributed by atoms with Crippen molar-refractivity contribution in [2.75, 3.05) is 4.43 Å². The van der Waals surface area contributed by atoms with Gasteiger partial charge in [0.05, 0.1) is 0 Å². The summed E-state index contributed by atoms with van der Waals surface area (Å²) in [4.78, 5) is 0. The average molecular weight is 240 g/mol. The molecule has 56 valence electrons. The van der Waals surface area contributed by atoms with E-state index in [0.29, 0.717) is 5.41 Å². The molecule has 0 atom stereocenters. The van der Waals surface area contributed by atoms with Crippen LogP contribution >= 0.6 is 22.6 Å². The summed E-state index contributed by atoms with van der Waals surface area (Å²) in [6, 6.07) is 0. The predicted molar refractivity (Wildman–Crippen MR) is 52.2 cm³/mol. The van der Waals surface area contributed by atoms with E-state index >= 15 is 0 Å². The molecule has 9 heavy (non-hydrogen) atoms. The summed E-state index contributed by atoms with van der Waals surface area (Å²) >= 11 is 2.45. The summed E-state index contributed by atoms with van der Waals surface area (Å²) in [6.45, 7) is 6.97. The number of hydrogen-bond acceptors (Lipinski definition) is 0. The van der Waals surface area contributed by atoms with E-state index in [2.05, 4.69) is 43.4 Å². The fourth-order valence-corrected chi connectivity index (χ4v) is 2.52. The Morgan fingerprint density at radius 2 is 1.78 bits per heavy atom. The summed E-state index contributed by atoms with van der Waals surface area (Å²) in [5.41, 5.74) is 0.593. The Bertz CT molecular complexity index is 59.0. The van der Waals surface area contributed by atoms with Crippen molar-refractivity contribution in [3.05, 3.63) is 0 Å². The lowest BCUT2D eigenvalue weighted by Gasteiger charge is -2.22. The maximum Gasteiger partial charge on any atom is 0.0000352 e. The van der Waals surface area contributed by atoms with Crippen LogP contribution in [0.4, 0.5) is 0 Å². The zero-order chi connectivity index (χ0) is 7.33. The van der Waals surface area contributed by atoms with Crippen molar-refractivity contribution in [1.29, 1.82) is 0 Å². The number of halogens is 1. The van der Waals surface area contributed by atoms with Crippen molar-refractivity contribution < 1.29 is 0 Å². The number of rotatable bonds is 4. The van der Waals surface area contributed by atoms with Gasteiger partial charge in [-0.3, -0.25) is 0 Å². The molecule has 0 N–H and O–H groups in total. The minimum atomic E-state index is 0.593. The highest BCUT2D eigenvalue weighted by molar-refractivity contribution is 14.1. The smallest absolute Gasteiger partial charge is 0.0000352 e. The van der Waals surface area contributed by atoms with E-state index in [-0.39, 0.29) is 0 Å². The third-order valence-electron chi connectivity index (χ3n) is 1.70. The van der Waals surface area contributed by atoms with E-state index in [1.54, 1.807) is 0 Å². The minimum Gasteiger partial charge on any atom is -0.0864 e. The lowest BCUT2D eigenvalue weighted by Crippen LogP contribution is -2.10. The molecule has 1 heteroatoms. The molecule has 0 aromatic rings. The van der Waals surface area contributed by atoms with Gasteiger partial charge in [-0.25, -0.2) is 0 Å². The first-order valence-electron chi connectivity index (χ1n) is 3.68. The van der Waals surface area contributed by atoms with E-state index < -0.39 is 0 Å². The standard InChI is InChI=1S/C8H17I/c1-4-5-8(2,3)6-7-9/h4-7H2,1-3H3. The molecule has 0 aliphatic heterocycles. The van der Waals surface area contributed by atoms with E-state index in [1.807, 2.05) is 0 Å². The van der Waals surface area contributed by atoms with Crippen LogP contribution in [-0.4, -0.2) is 4.43 Å². The lowest BCUT2D eigenvalue weighted by atomic mass is 9.86. The first-order chi connectivity index (χ1) is 4.12. The Morgan fingerprint density at radius 3 is 2.11 bits per heavy atom. The van der Waals surface area contributed by atoms with Crippen molar-refractivity contribution in [3.8, 4) is 0 Å². The van der Waals surface area contributed by atoms with Crippen molar-refractivity contribution in [3.63, 3.8) is 0 Å². The Kier molecular flexibility index (Phi) is 4.90. The van der Waals surface area contributed by atoms with E-state index in [0.717, 1.165) is 0 Å². The van der Waals surface area contributed by atoms with Gasteiger partial charge in [0.25, 0.3) is 0 Å². The molecule has 0 radical (unpaired) electrons. The molecule has 0 spiro atoms. The second kappa shape index (κ2) is 4.53. The molecule has 0 aliphatic carbocycles. The molecule has 0 amide bonds. The largest absolute Gasteiger partial charge is 0.0864 e. The topological polar surface area (TPSA) is 0 Å². The Morgan fingerprint density at radius 1 is 1.22 bits per heavy atom. The Balaban J connectivity index is 3.43. The lowest BCUT2D eigenvalue weighted by molar-refractivity contribution is 0.323. The summed E-state index contributed by atoms with van der Waals surface area (Å²) in [5, 5.41) is 0. The van der Waals surface area contributed by atoms with Crippen molar-refractivity contribution in [1.82, 2.24) is 0 Å². The molecule has 0 saturated carbocycles. The van der Waals surface area contributed by atoms with Crippen LogP contribution in [0.5, 0.6) is 0 Å². The fraction of sp³-hybridized carbons (Fsp3) is 1.00. The molecule has 0 heterocycles. The maximum absolute atomic E-state index is 2.45. The molecular formula is C8H17I. The molecule has 0 aromatic heterocycles. The monoisotopic (exact) mass is 240 g/mol. The first-order valence-corrected chi connectivity index (χ1v) is 5.21.